The maximum Gasteiger partial charge on any atom is 0.175 e. The first-order valence-corrected chi connectivity index (χ1v) is 5.30. The summed E-state index contributed by atoms with van der Waals surface area (Å²) in [4.78, 5) is 3.78. The van der Waals surface area contributed by atoms with Gasteiger partial charge in [0.1, 0.15) is 5.76 Å². The van der Waals surface area contributed by atoms with E-state index >= 15 is 0 Å². The number of nitrogens with zero attached hydrogens (tertiary/aromatic N) is 1. The van der Waals surface area contributed by atoms with Gasteiger partial charge >= 0.3 is 0 Å². The number of phenols is 1. The Labute approximate surface area is 99.3 Å². The van der Waals surface area contributed by atoms with Gasteiger partial charge in [0.25, 0.3) is 0 Å². The van der Waals surface area contributed by atoms with Gasteiger partial charge in [0.15, 0.2) is 11.3 Å². The van der Waals surface area contributed by atoms with Crippen LogP contribution in [0.2, 0.25) is 0 Å². The van der Waals surface area contributed by atoms with Crippen molar-refractivity contribution in [1.29, 1.82) is 0 Å². The van der Waals surface area contributed by atoms with E-state index in [1.807, 2.05) is 37.3 Å². The number of hydrogen-bond acceptors (Lipinski definition) is 3. The molecule has 0 bridgehead atoms. The number of para-hydroxylation sites is 1. The summed E-state index contributed by atoms with van der Waals surface area (Å²) in [6.45, 7) is 1.86. The Hall–Kier alpha value is -2.29. The van der Waals surface area contributed by atoms with Gasteiger partial charge in [-0.05, 0) is 31.2 Å². The Balaban J connectivity index is 0.000000153. The van der Waals surface area contributed by atoms with Crippen LogP contribution in [0.1, 0.15) is 5.76 Å². The largest absolute Gasteiger partial charge is 0.504 e. The van der Waals surface area contributed by atoms with E-state index in [1.165, 1.54) is 0 Å². The van der Waals surface area contributed by atoms with E-state index in [2.05, 4.69) is 4.98 Å². The molecule has 3 heteroatoms. The smallest absolute Gasteiger partial charge is 0.175 e. The fourth-order valence-corrected chi connectivity index (χ4v) is 1.49. The second kappa shape index (κ2) is 5.16. The highest BCUT2D eigenvalue weighted by Gasteiger charge is 2.02. The van der Waals surface area contributed by atoms with Gasteiger partial charge in [0.2, 0.25) is 0 Å². The first-order valence-electron chi connectivity index (χ1n) is 5.30. The Bertz CT molecular complexity index is 561. The van der Waals surface area contributed by atoms with E-state index in [4.69, 9.17) is 4.42 Å². The van der Waals surface area contributed by atoms with Gasteiger partial charge < -0.3 is 9.52 Å². The Morgan fingerprint density at radius 3 is 2.35 bits per heavy atom. The molecule has 2 heterocycles. The average molecular weight is 227 g/mol. The molecular weight excluding hydrogens is 214 g/mol. The number of rotatable bonds is 0. The maximum atomic E-state index is 9.29. The van der Waals surface area contributed by atoms with Crippen molar-refractivity contribution in [3.8, 4) is 5.75 Å². The Morgan fingerprint density at radius 1 is 1.06 bits per heavy atom. The lowest BCUT2D eigenvalue weighted by molar-refractivity contribution is 0.461. The quantitative estimate of drug-likeness (QED) is 0.639. The summed E-state index contributed by atoms with van der Waals surface area (Å²) in [5.74, 6) is 1.03. The van der Waals surface area contributed by atoms with Crippen molar-refractivity contribution < 1.29 is 9.52 Å². The zero-order valence-electron chi connectivity index (χ0n) is 9.50. The van der Waals surface area contributed by atoms with Crippen LogP contribution in [0.4, 0.5) is 0 Å². The van der Waals surface area contributed by atoms with Crippen molar-refractivity contribution in [2.24, 2.45) is 0 Å². The third-order valence-corrected chi connectivity index (χ3v) is 2.21. The van der Waals surface area contributed by atoms with Gasteiger partial charge in [-0.3, -0.25) is 4.98 Å². The maximum absolute atomic E-state index is 9.29. The number of aromatic nitrogens is 1. The molecule has 3 rings (SSSR count). The third-order valence-electron chi connectivity index (χ3n) is 2.21. The van der Waals surface area contributed by atoms with Gasteiger partial charge in [-0.1, -0.05) is 18.2 Å². The van der Waals surface area contributed by atoms with Gasteiger partial charge in [-0.25, -0.2) is 0 Å². The molecule has 3 nitrogen and oxygen atoms in total. The summed E-state index contributed by atoms with van der Waals surface area (Å²) >= 11 is 0. The van der Waals surface area contributed by atoms with Crippen LogP contribution in [0.3, 0.4) is 0 Å². The second-order valence-corrected chi connectivity index (χ2v) is 3.58. The van der Waals surface area contributed by atoms with Crippen molar-refractivity contribution in [2.45, 2.75) is 6.92 Å². The van der Waals surface area contributed by atoms with E-state index in [1.54, 1.807) is 24.5 Å². The number of aryl methyl sites for hydroxylation is 1. The molecule has 0 saturated carbocycles. The second-order valence-electron chi connectivity index (χ2n) is 3.58. The highest BCUT2D eigenvalue weighted by atomic mass is 16.4. The van der Waals surface area contributed by atoms with Crippen LogP contribution in [0.5, 0.6) is 5.75 Å². The number of fused-ring (bicyclic) bond motifs is 1. The summed E-state index contributed by atoms with van der Waals surface area (Å²) in [6, 6.07) is 12.9. The van der Waals surface area contributed by atoms with Crippen LogP contribution < -0.4 is 0 Å². The molecule has 0 aliphatic heterocycles. The number of phenolic OH excluding ortho intramolecular Hbond substituents is 1. The summed E-state index contributed by atoms with van der Waals surface area (Å²) in [7, 11) is 0. The predicted molar refractivity (Wildman–Crippen MR) is 66.9 cm³/mol. The summed E-state index contributed by atoms with van der Waals surface area (Å²) in [6.07, 6.45) is 3.50. The lowest BCUT2D eigenvalue weighted by Gasteiger charge is -1.89. The molecule has 1 aromatic carbocycles. The minimum Gasteiger partial charge on any atom is -0.504 e. The minimum atomic E-state index is 0.204. The van der Waals surface area contributed by atoms with Crippen molar-refractivity contribution >= 4 is 11.0 Å². The van der Waals surface area contributed by atoms with E-state index in [0.717, 1.165) is 11.1 Å². The molecule has 0 saturated heterocycles. The molecule has 0 radical (unpaired) electrons. The van der Waals surface area contributed by atoms with Crippen molar-refractivity contribution in [2.75, 3.05) is 0 Å². The molecule has 0 atom stereocenters. The molecule has 0 aliphatic carbocycles. The van der Waals surface area contributed by atoms with E-state index < -0.39 is 0 Å². The lowest BCUT2D eigenvalue weighted by atomic mass is 10.2. The van der Waals surface area contributed by atoms with Crippen molar-refractivity contribution in [3.05, 3.63) is 60.6 Å². The highest BCUT2D eigenvalue weighted by molar-refractivity contribution is 5.83. The van der Waals surface area contributed by atoms with Gasteiger partial charge in [-0.2, -0.15) is 0 Å². The Morgan fingerprint density at radius 2 is 1.82 bits per heavy atom. The Kier molecular flexibility index (Phi) is 3.40. The number of benzene rings is 1. The number of furan rings is 1. The summed E-state index contributed by atoms with van der Waals surface area (Å²) in [5.41, 5.74) is 0.574. The summed E-state index contributed by atoms with van der Waals surface area (Å²) < 4.78 is 5.25. The number of aromatic hydroxyl groups is 1. The minimum absolute atomic E-state index is 0.204. The molecule has 3 aromatic rings. The van der Waals surface area contributed by atoms with Crippen LogP contribution >= 0.6 is 0 Å². The first-order chi connectivity index (χ1) is 8.27. The molecule has 0 spiro atoms. The summed E-state index contributed by atoms with van der Waals surface area (Å²) in [5, 5.41) is 10.2. The fraction of sp³-hybridized carbons (Fsp3) is 0.0714. The molecule has 86 valence electrons. The SMILES string of the molecule is Cc1cc2cccc(O)c2o1.c1ccncc1. The predicted octanol–water partition coefficient (Wildman–Crippen LogP) is 3.53. The molecule has 0 unspecified atom stereocenters. The zero-order chi connectivity index (χ0) is 12.1. The van der Waals surface area contributed by atoms with Crippen LogP contribution in [-0.4, -0.2) is 10.1 Å². The lowest BCUT2D eigenvalue weighted by Crippen LogP contribution is -1.63. The van der Waals surface area contributed by atoms with Crippen molar-refractivity contribution in [3.63, 3.8) is 0 Å². The molecule has 0 amide bonds. The highest BCUT2D eigenvalue weighted by Crippen LogP contribution is 2.26. The molecule has 0 fully saturated rings. The molecule has 17 heavy (non-hydrogen) atoms. The third kappa shape index (κ3) is 2.84. The van der Waals surface area contributed by atoms with Crippen molar-refractivity contribution in [1.82, 2.24) is 4.98 Å². The fourth-order valence-electron chi connectivity index (χ4n) is 1.49. The van der Waals surface area contributed by atoms with Gasteiger partial charge in [0, 0.05) is 17.8 Å². The number of pyridine rings is 1. The van der Waals surface area contributed by atoms with Crippen LogP contribution in [-0.2, 0) is 0 Å². The van der Waals surface area contributed by atoms with E-state index in [-0.39, 0.29) is 5.75 Å². The molecule has 2 aromatic heterocycles. The molecule has 1 N–H and O–H groups in total. The topological polar surface area (TPSA) is 46.3 Å². The average Bonchev–Trinajstić information content (AvgIpc) is 2.74. The van der Waals surface area contributed by atoms with Crippen LogP contribution in [0.15, 0.2) is 59.3 Å². The van der Waals surface area contributed by atoms with Gasteiger partial charge in [0.05, 0.1) is 0 Å². The number of hydrogen-bond donors (Lipinski definition) is 1. The van der Waals surface area contributed by atoms with Crippen LogP contribution in [0.25, 0.3) is 11.0 Å². The standard InChI is InChI=1S/C9H8O2.C5H5N/c1-6-5-7-3-2-4-8(10)9(7)11-6;1-2-4-6-5-3-1/h2-5,10H,1H3;1-5H. The molecular formula is C14H13NO2. The molecule has 0 aliphatic rings. The monoisotopic (exact) mass is 227 g/mol. The first kappa shape index (κ1) is 11.2. The van der Waals surface area contributed by atoms with E-state index in [0.29, 0.717) is 5.58 Å². The van der Waals surface area contributed by atoms with E-state index in [9.17, 15) is 5.11 Å². The van der Waals surface area contributed by atoms with Gasteiger partial charge in [-0.15, -0.1) is 0 Å². The van der Waals surface area contributed by atoms with Crippen LogP contribution in [0, 0.1) is 6.92 Å². The normalized spacial score (nSPS) is 9.71. The zero-order valence-corrected chi connectivity index (χ0v) is 9.50.